The van der Waals surface area contributed by atoms with Crippen LogP contribution < -0.4 is 0 Å². The summed E-state index contributed by atoms with van der Waals surface area (Å²) >= 11 is -0.459. The van der Waals surface area contributed by atoms with E-state index in [4.69, 9.17) is 0 Å². The zero-order valence-electron chi connectivity index (χ0n) is 21.4. The van der Waals surface area contributed by atoms with Crippen LogP contribution in [0.3, 0.4) is 0 Å². The fourth-order valence-corrected chi connectivity index (χ4v) is 9.13. The Balaban J connectivity index is 1.64. The molecule has 0 N–H and O–H groups in total. The third-order valence-corrected chi connectivity index (χ3v) is 11.8. The van der Waals surface area contributed by atoms with Gasteiger partial charge in [0.05, 0.1) is 0 Å². The van der Waals surface area contributed by atoms with E-state index < -0.39 is 14.1 Å². The monoisotopic (exact) mass is 432 g/mol. The van der Waals surface area contributed by atoms with Gasteiger partial charge in [0.1, 0.15) is 0 Å². The molecule has 176 valence electrons. The second-order valence-corrected chi connectivity index (χ2v) is 14.9. The molecule has 0 aliphatic heterocycles. The first-order valence-corrected chi connectivity index (χ1v) is 17.5. The SMILES string of the molecule is CCCCC(CC[CH2][Al]([CH3])[CH2]CCC(CCCC)C1CCCCC1)C1CCCCC1. The van der Waals surface area contributed by atoms with Gasteiger partial charge in [-0.05, 0) is 23.7 Å². The summed E-state index contributed by atoms with van der Waals surface area (Å²) < 4.78 is 0. The van der Waals surface area contributed by atoms with Gasteiger partial charge in [-0.3, -0.25) is 0 Å². The molecule has 0 aromatic rings. The molecule has 30 heavy (non-hydrogen) atoms. The molecule has 2 unspecified atom stereocenters. The maximum atomic E-state index is 2.70. The highest BCUT2D eigenvalue weighted by atomic mass is 27.2. The minimum atomic E-state index is -0.459. The molecule has 1 heteroatoms. The Hall–Kier alpha value is 0.532. The topological polar surface area (TPSA) is 0 Å². The van der Waals surface area contributed by atoms with Crippen molar-refractivity contribution in [2.45, 2.75) is 159 Å². The molecule has 2 fully saturated rings. The van der Waals surface area contributed by atoms with E-state index in [0.717, 1.165) is 23.7 Å². The number of hydrogen-bond donors (Lipinski definition) is 0. The standard InChI is InChI=1S/2C14H27.CH3.Al/c2*1-3-5-10-13(9-4-2)14-11-7-6-8-12-14;;/h2*13-14H,2-12H2,1H3;1H3;. The summed E-state index contributed by atoms with van der Waals surface area (Å²) in [4.78, 5) is 0. The minimum absolute atomic E-state index is 0.459. The van der Waals surface area contributed by atoms with Gasteiger partial charge in [0.25, 0.3) is 14.1 Å². The van der Waals surface area contributed by atoms with Gasteiger partial charge in [-0.2, -0.15) is 0 Å². The van der Waals surface area contributed by atoms with E-state index >= 15 is 0 Å². The van der Waals surface area contributed by atoms with Crippen LogP contribution in [0.15, 0.2) is 0 Å². The van der Waals surface area contributed by atoms with Gasteiger partial charge >= 0.3 is 0 Å². The molecule has 0 aromatic carbocycles. The maximum Gasteiger partial charge on any atom is 0.258 e. The van der Waals surface area contributed by atoms with E-state index in [2.05, 4.69) is 19.6 Å². The van der Waals surface area contributed by atoms with Gasteiger partial charge in [0, 0.05) is 0 Å². The first-order valence-electron chi connectivity index (χ1n) is 14.7. The van der Waals surface area contributed by atoms with E-state index in [1.54, 1.807) is 61.9 Å². The summed E-state index contributed by atoms with van der Waals surface area (Å²) in [6.45, 7) is 4.77. The van der Waals surface area contributed by atoms with Crippen molar-refractivity contribution in [3.05, 3.63) is 0 Å². The fraction of sp³-hybridized carbons (Fsp3) is 1.00. The Morgan fingerprint density at radius 1 is 0.567 bits per heavy atom. The Morgan fingerprint density at radius 3 is 1.30 bits per heavy atom. The van der Waals surface area contributed by atoms with E-state index in [-0.39, 0.29) is 0 Å². The zero-order valence-corrected chi connectivity index (χ0v) is 22.6. The van der Waals surface area contributed by atoms with Crippen LogP contribution in [-0.4, -0.2) is 14.1 Å². The van der Waals surface area contributed by atoms with Gasteiger partial charge in [-0.1, -0.05) is 153 Å². The van der Waals surface area contributed by atoms with Crippen molar-refractivity contribution in [3.8, 4) is 0 Å². The smallest absolute Gasteiger partial charge is 0.106 e. The normalized spacial score (nSPS) is 20.9. The van der Waals surface area contributed by atoms with Crippen molar-refractivity contribution in [3.63, 3.8) is 0 Å². The van der Waals surface area contributed by atoms with Crippen molar-refractivity contribution in [1.82, 2.24) is 0 Å². The first-order chi connectivity index (χ1) is 14.7. The summed E-state index contributed by atoms with van der Waals surface area (Å²) in [6.07, 6.45) is 30.5. The second kappa shape index (κ2) is 17.1. The van der Waals surface area contributed by atoms with Crippen LogP contribution in [-0.2, 0) is 0 Å². The van der Waals surface area contributed by atoms with Crippen molar-refractivity contribution < 1.29 is 0 Å². The average Bonchev–Trinajstić information content (AvgIpc) is 2.79. The van der Waals surface area contributed by atoms with Gasteiger partial charge in [0.2, 0.25) is 0 Å². The molecule has 0 nitrogen and oxygen atoms in total. The highest BCUT2D eigenvalue weighted by Gasteiger charge is 2.25. The summed E-state index contributed by atoms with van der Waals surface area (Å²) in [5.74, 6) is 7.05. The molecule has 0 saturated heterocycles. The van der Waals surface area contributed by atoms with Gasteiger partial charge in [-0.25, -0.2) is 0 Å². The van der Waals surface area contributed by atoms with Crippen LogP contribution in [0.5, 0.6) is 0 Å². The molecule has 2 aliphatic carbocycles. The summed E-state index contributed by atoms with van der Waals surface area (Å²) in [5.41, 5.74) is 0. The summed E-state index contributed by atoms with van der Waals surface area (Å²) in [5, 5.41) is 3.27. The van der Waals surface area contributed by atoms with E-state index in [1.165, 1.54) is 77.0 Å². The molecule has 2 saturated carbocycles. The van der Waals surface area contributed by atoms with Crippen molar-refractivity contribution in [2.75, 3.05) is 0 Å². The van der Waals surface area contributed by atoms with Gasteiger partial charge in [-0.15, -0.1) is 5.79 Å². The first kappa shape index (κ1) is 26.8. The van der Waals surface area contributed by atoms with Gasteiger partial charge < -0.3 is 0 Å². The van der Waals surface area contributed by atoms with Gasteiger partial charge in [0.15, 0.2) is 0 Å². The number of rotatable bonds is 16. The molecule has 0 heterocycles. The van der Waals surface area contributed by atoms with E-state index in [1.807, 2.05) is 0 Å². The predicted molar refractivity (Wildman–Crippen MR) is 139 cm³/mol. The highest BCUT2D eigenvalue weighted by Crippen LogP contribution is 2.37. The number of hydrogen-bond acceptors (Lipinski definition) is 0. The van der Waals surface area contributed by atoms with Crippen molar-refractivity contribution >= 4 is 14.1 Å². The van der Waals surface area contributed by atoms with Crippen molar-refractivity contribution in [2.24, 2.45) is 23.7 Å². The van der Waals surface area contributed by atoms with E-state index in [0.29, 0.717) is 0 Å². The lowest BCUT2D eigenvalue weighted by Crippen LogP contribution is -2.19. The van der Waals surface area contributed by atoms with Crippen LogP contribution in [0.25, 0.3) is 0 Å². The Kier molecular flexibility index (Phi) is 15.2. The largest absolute Gasteiger partial charge is 0.258 e. The van der Waals surface area contributed by atoms with E-state index in [9.17, 15) is 0 Å². The number of unbranched alkanes of at least 4 members (excludes halogenated alkanes) is 2. The third-order valence-electron chi connectivity index (χ3n) is 9.03. The lowest BCUT2D eigenvalue weighted by Gasteiger charge is -2.31. The molecule has 2 aliphatic rings. The Bertz CT molecular complexity index is 344. The molecule has 2 rings (SSSR count). The van der Waals surface area contributed by atoms with Crippen LogP contribution in [0, 0.1) is 23.7 Å². The zero-order chi connectivity index (χ0) is 21.4. The molecule has 0 bridgehead atoms. The van der Waals surface area contributed by atoms with Crippen LogP contribution in [0.4, 0.5) is 0 Å². The lowest BCUT2D eigenvalue weighted by molar-refractivity contribution is 0.218. The van der Waals surface area contributed by atoms with Crippen LogP contribution in [0.1, 0.15) is 142 Å². The molecular formula is C29H57Al. The maximum absolute atomic E-state index is 2.70. The third kappa shape index (κ3) is 10.9. The lowest BCUT2D eigenvalue weighted by atomic mass is 9.76. The van der Waals surface area contributed by atoms with Crippen molar-refractivity contribution in [1.29, 1.82) is 0 Å². The summed E-state index contributed by atoms with van der Waals surface area (Å²) in [6, 6.07) is 0. The molecule has 0 aromatic heterocycles. The molecule has 2 atom stereocenters. The van der Waals surface area contributed by atoms with Crippen LogP contribution >= 0.6 is 0 Å². The molecule has 0 amide bonds. The predicted octanol–water partition coefficient (Wildman–Crippen LogP) is 10.4. The summed E-state index contributed by atoms with van der Waals surface area (Å²) in [7, 11) is 0. The highest BCUT2D eigenvalue weighted by molar-refractivity contribution is 6.57. The molecular weight excluding hydrogens is 375 g/mol. The quantitative estimate of drug-likeness (QED) is 0.213. The Labute approximate surface area is 196 Å². The second-order valence-electron chi connectivity index (χ2n) is 11.6. The molecule has 0 radical (unpaired) electrons. The fourth-order valence-electron chi connectivity index (χ4n) is 6.98. The average molecular weight is 433 g/mol. The van der Waals surface area contributed by atoms with Crippen LogP contribution in [0.2, 0.25) is 16.4 Å². The molecule has 0 spiro atoms. The minimum Gasteiger partial charge on any atom is -0.106 e. The Morgan fingerprint density at radius 2 is 0.933 bits per heavy atom.